The van der Waals surface area contributed by atoms with Crippen molar-refractivity contribution in [3.63, 3.8) is 0 Å². The van der Waals surface area contributed by atoms with Crippen molar-refractivity contribution in [3.05, 3.63) is 29.3 Å². The Morgan fingerprint density at radius 3 is 2.95 bits per heavy atom. The van der Waals surface area contributed by atoms with Crippen molar-refractivity contribution in [3.8, 4) is 0 Å². The molecule has 2 aliphatic rings. The van der Waals surface area contributed by atoms with Crippen LogP contribution in [0.4, 0.5) is 5.69 Å². The van der Waals surface area contributed by atoms with E-state index in [2.05, 4.69) is 12.1 Å². The topological polar surface area (TPSA) is 46.6 Å². The normalized spacial score (nSPS) is 22.9. The molecule has 0 bridgehead atoms. The smallest absolute Gasteiger partial charge is 0.237 e. The van der Waals surface area contributed by atoms with Gasteiger partial charge in [0.05, 0.1) is 17.5 Å². The van der Waals surface area contributed by atoms with Gasteiger partial charge in [0.1, 0.15) is 0 Å². The van der Waals surface area contributed by atoms with Gasteiger partial charge in [0.25, 0.3) is 0 Å². The summed E-state index contributed by atoms with van der Waals surface area (Å²) >= 11 is 0. The molecule has 0 spiro atoms. The molecule has 110 valence electrons. The number of aryl methyl sites for hydroxylation is 2. The zero-order valence-corrected chi connectivity index (χ0v) is 12.7. The molecule has 0 unspecified atom stereocenters. The van der Waals surface area contributed by atoms with Crippen LogP contribution in [0, 0.1) is 6.92 Å². The van der Waals surface area contributed by atoms with E-state index in [-0.39, 0.29) is 11.9 Å². The third-order valence-corrected chi connectivity index (χ3v) is 5.92. The number of nitrogens with zero attached hydrogens (tertiary/aromatic N) is 1. The highest BCUT2D eigenvalue weighted by molar-refractivity contribution is 7.92. The van der Waals surface area contributed by atoms with Crippen LogP contribution < -0.4 is 4.31 Å². The number of rotatable bonds is 3. The third kappa shape index (κ3) is 2.69. The molecule has 1 saturated heterocycles. The summed E-state index contributed by atoms with van der Waals surface area (Å²) in [5, 5.41) is 0. The van der Waals surface area contributed by atoms with Crippen molar-refractivity contribution < 1.29 is 13.2 Å². The molecule has 1 fully saturated rings. The molecule has 4 nitrogen and oxygen atoms in total. The van der Waals surface area contributed by atoms with E-state index in [1.165, 1.54) is 0 Å². The van der Waals surface area contributed by atoms with Gasteiger partial charge in [0, 0.05) is 13.2 Å². The second-order valence-electron chi connectivity index (χ2n) is 5.72. The van der Waals surface area contributed by atoms with E-state index in [1.807, 2.05) is 13.0 Å². The Hall–Kier alpha value is -1.07. The molecule has 1 aromatic rings. The van der Waals surface area contributed by atoms with Crippen LogP contribution in [0.25, 0.3) is 0 Å². The van der Waals surface area contributed by atoms with Crippen molar-refractivity contribution in [2.24, 2.45) is 0 Å². The maximum Gasteiger partial charge on any atom is 0.237 e. The first-order chi connectivity index (χ1) is 9.56. The average Bonchev–Trinajstić information content (AvgIpc) is 2.90. The van der Waals surface area contributed by atoms with Gasteiger partial charge in [-0.25, -0.2) is 8.42 Å². The zero-order valence-electron chi connectivity index (χ0n) is 11.8. The molecule has 0 amide bonds. The second-order valence-corrected chi connectivity index (χ2v) is 7.66. The monoisotopic (exact) mass is 295 g/mol. The zero-order chi connectivity index (χ0) is 14.2. The maximum absolute atomic E-state index is 12.7. The highest BCUT2D eigenvalue weighted by Crippen LogP contribution is 2.31. The van der Waals surface area contributed by atoms with Crippen molar-refractivity contribution in [1.29, 1.82) is 0 Å². The number of hydrogen-bond acceptors (Lipinski definition) is 3. The molecule has 0 aromatic heterocycles. The van der Waals surface area contributed by atoms with Crippen molar-refractivity contribution in [2.75, 3.05) is 23.2 Å². The number of sulfonamides is 1. The van der Waals surface area contributed by atoms with Crippen molar-refractivity contribution >= 4 is 15.7 Å². The summed E-state index contributed by atoms with van der Waals surface area (Å²) in [5.41, 5.74) is 3.11. The van der Waals surface area contributed by atoms with Crippen LogP contribution in [0.1, 0.15) is 30.4 Å². The van der Waals surface area contributed by atoms with E-state index in [9.17, 15) is 8.42 Å². The Morgan fingerprint density at radius 2 is 2.20 bits per heavy atom. The van der Waals surface area contributed by atoms with Gasteiger partial charge in [0.15, 0.2) is 0 Å². The lowest BCUT2D eigenvalue weighted by Crippen LogP contribution is -2.39. The summed E-state index contributed by atoms with van der Waals surface area (Å²) in [4.78, 5) is 0. The first kappa shape index (κ1) is 13.9. The molecule has 2 heterocycles. The van der Waals surface area contributed by atoms with Crippen LogP contribution in [0.5, 0.6) is 0 Å². The molecule has 2 aliphatic heterocycles. The van der Waals surface area contributed by atoms with E-state index in [0.29, 0.717) is 13.2 Å². The first-order valence-corrected chi connectivity index (χ1v) is 8.89. The third-order valence-electron chi connectivity index (χ3n) is 4.07. The summed E-state index contributed by atoms with van der Waals surface area (Å²) in [6.07, 6.45) is 3.54. The molecule has 20 heavy (non-hydrogen) atoms. The second kappa shape index (κ2) is 5.37. The largest absolute Gasteiger partial charge is 0.377 e. The molecule has 0 aliphatic carbocycles. The van der Waals surface area contributed by atoms with E-state index >= 15 is 0 Å². The Bertz CT molecular complexity index is 591. The Kier molecular flexibility index (Phi) is 3.73. The van der Waals surface area contributed by atoms with Crippen LogP contribution >= 0.6 is 0 Å². The van der Waals surface area contributed by atoms with Crippen LogP contribution in [0.3, 0.4) is 0 Å². The molecule has 0 radical (unpaired) electrons. The summed E-state index contributed by atoms with van der Waals surface area (Å²) in [6.45, 7) is 3.28. The van der Waals surface area contributed by atoms with Crippen LogP contribution in [0.2, 0.25) is 0 Å². The fourth-order valence-corrected chi connectivity index (χ4v) is 4.83. The fraction of sp³-hybridized carbons (Fsp3) is 0.600. The van der Waals surface area contributed by atoms with Crippen LogP contribution in [-0.2, 0) is 21.2 Å². The van der Waals surface area contributed by atoms with Gasteiger partial charge >= 0.3 is 0 Å². The maximum atomic E-state index is 12.7. The Labute approximate surface area is 120 Å². The lowest BCUT2D eigenvalue weighted by atomic mass is 10.0. The van der Waals surface area contributed by atoms with E-state index in [1.54, 1.807) is 4.31 Å². The number of hydrogen-bond donors (Lipinski definition) is 0. The molecule has 3 rings (SSSR count). The summed E-state index contributed by atoms with van der Waals surface area (Å²) in [7, 11) is -3.29. The van der Waals surface area contributed by atoms with Crippen molar-refractivity contribution in [1.82, 2.24) is 0 Å². The first-order valence-electron chi connectivity index (χ1n) is 7.28. The van der Waals surface area contributed by atoms with Crippen molar-refractivity contribution in [2.45, 2.75) is 38.7 Å². The number of fused-ring (bicyclic) bond motifs is 1. The van der Waals surface area contributed by atoms with Gasteiger partial charge in [-0.1, -0.05) is 12.1 Å². The minimum absolute atomic E-state index is 0.111. The molecular weight excluding hydrogens is 274 g/mol. The standard InChI is InChI=1S/C15H21NO3S/c1-12-6-7-13-4-2-8-16(15(13)10-12)20(17,18)11-14-5-3-9-19-14/h6-7,10,14H,2-5,8-9,11H2,1H3/t14-/m0/s1. The van der Waals surface area contributed by atoms with Gasteiger partial charge in [-0.2, -0.15) is 0 Å². The number of anilines is 1. The predicted octanol–water partition coefficient (Wildman–Crippen LogP) is 2.26. The Balaban J connectivity index is 1.88. The quantitative estimate of drug-likeness (QED) is 0.859. The van der Waals surface area contributed by atoms with E-state index in [4.69, 9.17) is 4.74 Å². The van der Waals surface area contributed by atoms with E-state index in [0.717, 1.165) is 42.5 Å². The molecule has 1 atom stereocenters. The Morgan fingerprint density at radius 1 is 1.35 bits per heavy atom. The van der Waals surface area contributed by atoms with E-state index < -0.39 is 10.0 Å². The molecular formula is C15H21NO3S. The van der Waals surface area contributed by atoms with Crippen LogP contribution in [-0.4, -0.2) is 33.4 Å². The summed E-state index contributed by atoms with van der Waals surface area (Å²) < 4.78 is 32.4. The van der Waals surface area contributed by atoms with Gasteiger partial charge in [-0.05, 0) is 49.8 Å². The number of ether oxygens (including phenoxy) is 1. The molecule has 0 N–H and O–H groups in total. The highest BCUT2D eigenvalue weighted by Gasteiger charge is 2.31. The van der Waals surface area contributed by atoms with Gasteiger partial charge in [-0.15, -0.1) is 0 Å². The number of benzene rings is 1. The average molecular weight is 295 g/mol. The van der Waals surface area contributed by atoms with Crippen LogP contribution in [0.15, 0.2) is 18.2 Å². The van der Waals surface area contributed by atoms with Gasteiger partial charge in [0.2, 0.25) is 10.0 Å². The minimum atomic E-state index is -3.29. The lowest BCUT2D eigenvalue weighted by Gasteiger charge is -2.31. The molecule has 5 heteroatoms. The highest BCUT2D eigenvalue weighted by atomic mass is 32.2. The molecule has 0 saturated carbocycles. The van der Waals surface area contributed by atoms with Gasteiger partial charge in [-0.3, -0.25) is 4.31 Å². The minimum Gasteiger partial charge on any atom is -0.377 e. The SMILES string of the molecule is Cc1ccc2c(c1)N(S(=O)(=O)C[C@@H]1CCCO1)CCC2. The molecule has 1 aromatic carbocycles. The summed E-state index contributed by atoms with van der Waals surface area (Å²) in [6, 6.07) is 6.09. The lowest BCUT2D eigenvalue weighted by molar-refractivity contribution is 0.127. The fourth-order valence-electron chi connectivity index (χ4n) is 3.04. The van der Waals surface area contributed by atoms with Gasteiger partial charge < -0.3 is 4.74 Å². The predicted molar refractivity (Wildman–Crippen MR) is 79.6 cm³/mol. The summed E-state index contributed by atoms with van der Waals surface area (Å²) in [5.74, 6) is 0.111.